The summed E-state index contributed by atoms with van der Waals surface area (Å²) in [5, 5.41) is 2.83. The van der Waals surface area contributed by atoms with E-state index in [4.69, 9.17) is 5.73 Å². The number of nitrogens with one attached hydrogen (secondary N) is 1. The molecule has 1 amide bonds. The topological polar surface area (TPSA) is 89.3 Å². The second kappa shape index (κ2) is 6.25. The molecule has 3 N–H and O–H groups in total. The van der Waals surface area contributed by atoms with Gasteiger partial charge in [-0.05, 0) is 32.4 Å². The summed E-state index contributed by atoms with van der Waals surface area (Å²) in [5.74, 6) is 1.34. The average Bonchev–Trinajstić information content (AvgIpc) is 2.47. The molecule has 5 nitrogen and oxygen atoms in total. The van der Waals surface area contributed by atoms with Gasteiger partial charge in [-0.1, -0.05) is 0 Å². The van der Waals surface area contributed by atoms with Gasteiger partial charge in [0.25, 0.3) is 0 Å². The first kappa shape index (κ1) is 15.8. The smallest absolute Gasteiger partial charge is 0.230 e. The van der Waals surface area contributed by atoms with E-state index in [9.17, 15) is 13.2 Å². The first-order valence-corrected chi connectivity index (χ1v) is 9.05. The summed E-state index contributed by atoms with van der Waals surface area (Å²) in [7, 11) is -2.97. The summed E-state index contributed by atoms with van der Waals surface area (Å²) < 4.78 is 22.8. The fourth-order valence-electron chi connectivity index (χ4n) is 1.92. The van der Waals surface area contributed by atoms with Crippen LogP contribution in [0.1, 0.15) is 26.7 Å². The minimum atomic E-state index is -2.97. The van der Waals surface area contributed by atoms with Gasteiger partial charge in [0.2, 0.25) is 5.91 Å². The lowest BCUT2D eigenvalue weighted by Gasteiger charge is -2.23. The number of carbonyl (C=O) groups excluding carboxylic acids is 1. The van der Waals surface area contributed by atoms with Gasteiger partial charge in [0.15, 0.2) is 9.84 Å². The number of carbonyl (C=O) groups is 1. The Bertz CT molecular complexity index is 395. The zero-order valence-corrected chi connectivity index (χ0v) is 12.6. The molecule has 0 aliphatic carbocycles. The van der Waals surface area contributed by atoms with Gasteiger partial charge in [-0.3, -0.25) is 4.79 Å². The van der Waals surface area contributed by atoms with E-state index in [1.54, 1.807) is 6.92 Å². The Morgan fingerprint density at radius 2 is 2.22 bits per heavy atom. The van der Waals surface area contributed by atoms with Gasteiger partial charge in [-0.2, -0.15) is 11.8 Å². The summed E-state index contributed by atoms with van der Waals surface area (Å²) in [5.41, 5.74) is 5.03. The number of thioether (sulfide) groups is 1. The van der Waals surface area contributed by atoms with Crippen LogP contribution in [0.3, 0.4) is 0 Å². The first-order chi connectivity index (χ1) is 8.22. The summed E-state index contributed by atoms with van der Waals surface area (Å²) in [6.45, 7) is 3.73. The number of sulfone groups is 1. The maximum Gasteiger partial charge on any atom is 0.230 e. The lowest BCUT2D eigenvalue weighted by Crippen LogP contribution is -2.47. The summed E-state index contributed by atoms with van der Waals surface area (Å²) >= 11 is 1.53. The maximum absolute atomic E-state index is 11.7. The largest absolute Gasteiger partial charge is 0.349 e. The summed E-state index contributed by atoms with van der Waals surface area (Å²) in [6.07, 6.45) is 1.38. The van der Waals surface area contributed by atoms with Crippen LogP contribution in [-0.4, -0.2) is 48.9 Å². The predicted octanol–water partition coefficient (Wildman–Crippen LogP) is 0.150. The molecule has 0 saturated carbocycles. The zero-order chi connectivity index (χ0) is 13.8. The molecular weight excluding hydrogens is 272 g/mol. The molecule has 18 heavy (non-hydrogen) atoms. The average molecular weight is 294 g/mol. The minimum absolute atomic E-state index is 0.0518. The van der Waals surface area contributed by atoms with E-state index in [1.165, 1.54) is 11.8 Å². The molecule has 0 radical (unpaired) electrons. The second-order valence-corrected chi connectivity index (χ2v) is 8.56. The lowest BCUT2D eigenvalue weighted by atomic mass is 10.0. The third kappa shape index (κ3) is 5.58. The highest BCUT2D eigenvalue weighted by Gasteiger charge is 2.39. The molecular formula is C11H22N2O3S2. The van der Waals surface area contributed by atoms with Crippen molar-refractivity contribution in [3.63, 3.8) is 0 Å². The molecule has 1 saturated heterocycles. The van der Waals surface area contributed by atoms with Crippen molar-refractivity contribution in [3.8, 4) is 0 Å². The monoisotopic (exact) mass is 294 g/mol. The number of nitrogens with two attached hydrogens (primary N) is 1. The standard InChI is InChI=1S/C11H22N2O3S2/c1-9(12)3-5-17-7-10(14)13-11(2)4-6-18(15,16)8-11/h9H,3-8,12H2,1-2H3,(H,13,14). The van der Waals surface area contributed by atoms with Crippen LogP contribution in [0.15, 0.2) is 0 Å². The molecule has 1 rings (SSSR count). The number of rotatable bonds is 6. The van der Waals surface area contributed by atoms with E-state index in [1.807, 2.05) is 6.92 Å². The Hall–Kier alpha value is -0.270. The SMILES string of the molecule is CC(N)CCSCC(=O)NC1(C)CCS(=O)(=O)C1. The Kier molecular flexibility index (Phi) is 5.48. The molecule has 0 aromatic carbocycles. The van der Waals surface area contributed by atoms with Gasteiger partial charge in [-0.25, -0.2) is 8.42 Å². The van der Waals surface area contributed by atoms with Crippen LogP contribution in [-0.2, 0) is 14.6 Å². The molecule has 106 valence electrons. The molecule has 0 aromatic heterocycles. The van der Waals surface area contributed by atoms with Crippen LogP contribution in [0.2, 0.25) is 0 Å². The zero-order valence-electron chi connectivity index (χ0n) is 10.9. The van der Waals surface area contributed by atoms with Gasteiger partial charge in [0, 0.05) is 6.04 Å². The van der Waals surface area contributed by atoms with Crippen molar-refractivity contribution >= 4 is 27.5 Å². The van der Waals surface area contributed by atoms with Gasteiger partial charge < -0.3 is 11.1 Å². The van der Waals surface area contributed by atoms with E-state index in [0.717, 1.165) is 12.2 Å². The van der Waals surface area contributed by atoms with Crippen LogP contribution in [0.5, 0.6) is 0 Å². The summed E-state index contributed by atoms with van der Waals surface area (Å²) in [4.78, 5) is 11.7. The highest BCUT2D eigenvalue weighted by Crippen LogP contribution is 2.22. The van der Waals surface area contributed by atoms with Crippen molar-refractivity contribution in [1.82, 2.24) is 5.32 Å². The van der Waals surface area contributed by atoms with E-state index in [-0.39, 0.29) is 23.5 Å². The van der Waals surface area contributed by atoms with Gasteiger partial charge >= 0.3 is 0 Å². The Balaban J connectivity index is 2.28. The van der Waals surface area contributed by atoms with Crippen molar-refractivity contribution < 1.29 is 13.2 Å². The van der Waals surface area contributed by atoms with Crippen LogP contribution in [0, 0.1) is 0 Å². The van der Waals surface area contributed by atoms with E-state index < -0.39 is 15.4 Å². The second-order valence-electron chi connectivity index (χ2n) is 5.27. The third-order valence-corrected chi connectivity index (χ3v) is 5.79. The Labute approximate surface area is 113 Å². The van der Waals surface area contributed by atoms with Gasteiger partial charge in [-0.15, -0.1) is 0 Å². The maximum atomic E-state index is 11.7. The molecule has 2 atom stereocenters. The lowest BCUT2D eigenvalue weighted by molar-refractivity contribution is -0.120. The fraction of sp³-hybridized carbons (Fsp3) is 0.909. The molecule has 1 heterocycles. The van der Waals surface area contributed by atoms with Crippen LogP contribution < -0.4 is 11.1 Å². The fourth-order valence-corrected chi connectivity index (χ4v) is 4.95. The van der Waals surface area contributed by atoms with Crippen LogP contribution >= 0.6 is 11.8 Å². The van der Waals surface area contributed by atoms with Crippen LogP contribution in [0.4, 0.5) is 0 Å². The highest BCUT2D eigenvalue weighted by atomic mass is 32.2. The van der Waals surface area contributed by atoms with Crippen molar-refractivity contribution in [2.45, 2.75) is 38.3 Å². The molecule has 0 spiro atoms. The van der Waals surface area contributed by atoms with E-state index >= 15 is 0 Å². The molecule has 1 aliphatic heterocycles. The normalized spacial score (nSPS) is 27.9. The number of hydrogen-bond acceptors (Lipinski definition) is 5. The Morgan fingerprint density at radius 3 is 2.72 bits per heavy atom. The quantitative estimate of drug-likeness (QED) is 0.681. The summed E-state index contributed by atoms with van der Waals surface area (Å²) in [6, 6.07) is 0.151. The predicted molar refractivity (Wildman–Crippen MR) is 75.4 cm³/mol. The highest BCUT2D eigenvalue weighted by molar-refractivity contribution is 7.99. The van der Waals surface area contributed by atoms with E-state index in [0.29, 0.717) is 12.2 Å². The third-order valence-electron chi connectivity index (χ3n) is 2.90. The van der Waals surface area contributed by atoms with Crippen molar-refractivity contribution in [1.29, 1.82) is 0 Å². The molecule has 7 heteroatoms. The van der Waals surface area contributed by atoms with Crippen molar-refractivity contribution in [2.24, 2.45) is 5.73 Å². The van der Waals surface area contributed by atoms with Crippen molar-refractivity contribution in [3.05, 3.63) is 0 Å². The van der Waals surface area contributed by atoms with Gasteiger partial charge in [0.05, 0.1) is 22.8 Å². The van der Waals surface area contributed by atoms with Crippen LogP contribution in [0.25, 0.3) is 0 Å². The van der Waals surface area contributed by atoms with Crippen molar-refractivity contribution in [2.75, 3.05) is 23.0 Å². The Morgan fingerprint density at radius 1 is 1.56 bits per heavy atom. The van der Waals surface area contributed by atoms with E-state index in [2.05, 4.69) is 5.32 Å². The molecule has 2 unspecified atom stereocenters. The minimum Gasteiger partial charge on any atom is -0.349 e. The molecule has 1 aliphatic rings. The number of amides is 1. The van der Waals surface area contributed by atoms with Gasteiger partial charge in [0.1, 0.15) is 0 Å². The molecule has 0 bridgehead atoms. The molecule has 0 aromatic rings. The molecule has 1 fully saturated rings. The first-order valence-electron chi connectivity index (χ1n) is 6.07. The number of hydrogen-bond donors (Lipinski definition) is 2.